The van der Waals surface area contributed by atoms with Crippen LogP contribution in [0.1, 0.15) is 95.2 Å². The average molecular weight is 628 g/mol. The molecule has 1 saturated carbocycles. The van der Waals surface area contributed by atoms with E-state index in [1.807, 2.05) is 24.3 Å². The summed E-state index contributed by atoms with van der Waals surface area (Å²) < 4.78 is 5.72. The van der Waals surface area contributed by atoms with Crippen molar-refractivity contribution in [2.75, 3.05) is 23.0 Å². The Labute approximate surface area is 272 Å². The van der Waals surface area contributed by atoms with Gasteiger partial charge in [-0.3, -0.25) is 10.7 Å². The zero-order chi connectivity index (χ0) is 32.7. The topological polar surface area (TPSA) is 157 Å². The smallest absolute Gasteiger partial charge is 0.323 e. The predicted molar refractivity (Wildman–Crippen MR) is 186 cm³/mol. The quantitative estimate of drug-likeness (QED) is 0.187. The largest absolute Gasteiger partial charge is 0.493 e. The van der Waals surface area contributed by atoms with Gasteiger partial charge >= 0.3 is 6.03 Å². The molecular weight excluding hydrogens is 578 g/mol. The van der Waals surface area contributed by atoms with E-state index in [9.17, 15) is 15.3 Å². The number of nitrogen functional groups attached to an aromatic ring is 1. The van der Waals surface area contributed by atoms with Crippen LogP contribution >= 0.6 is 0 Å². The monoisotopic (exact) mass is 627 g/mol. The number of rotatable bonds is 4. The Morgan fingerprint density at radius 1 is 1.07 bits per heavy atom. The molecule has 2 aliphatic heterocycles. The number of nitrogens with zero attached hydrogens (tertiary/aromatic N) is 1. The van der Waals surface area contributed by atoms with Gasteiger partial charge in [0.1, 0.15) is 24.4 Å². The standard InChI is InChI=1S/C36H49N7O3/c1-36(2,3)29-21-28(18-19-46-29)43-35(45)42-25-16-14-23(15-17-25)32(37)31-33-24(22-39-34(31)38)10-7-5-4-6-8-13-30(44)40-26-11-9-12-27(20-26)41-33/h7,10,14-18,21-22,26-27,30,37,40-41,44H,4-6,8-9,11-13,19-20H2,1-3H3,(H2,38,39)(H2,42,43,45)/t26-,27-,30?/m1/s1. The number of benzene rings is 1. The fraction of sp³-hybridized carbons (Fsp3) is 0.472. The van der Waals surface area contributed by atoms with Crippen LogP contribution in [-0.4, -0.2) is 46.8 Å². The van der Waals surface area contributed by atoms with Crippen LogP contribution in [0.3, 0.4) is 0 Å². The summed E-state index contributed by atoms with van der Waals surface area (Å²) in [6.07, 6.45) is 17.9. The average Bonchev–Trinajstić information content (AvgIpc) is 3.01. The van der Waals surface area contributed by atoms with Gasteiger partial charge in [0.05, 0.1) is 17.0 Å². The van der Waals surface area contributed by atoms with Crippen LogP contribution in [0.25, 0.3) is 6.08 Å². The molecule has 46 heavy (non-hydrogen) atoms. The van der Waals surface area contributed by atoms with Crippen molar-refractivity contribution in [1.82, 2.24) is 15.6 Å². The van der Waals surface area contributed by atoms with Gasteiger partial charge in [0.15, 0.2) is 0 Å². The number of pyridine rings is 1. The number of aliphatic hydroxyl groups is 1. The van der Waals surface area contributed by atoms with Gasteiger partial charge in [-0.25, -0.2) is 9.78 Å². The number of hydrogen-bond acceptors (Lipinski definition) is 8. The number of nitrogens with one attached hydrogen (secondary N) is 5. The maximum Gasteiger partial charge on any atom is 0.323 e. The number of nitrogens with two attached hydrogens (primary N) is 1. The van der Waals surface area contributed by atoms with Gasteiger partial charge in [0.2, 0.25) is 0 Å². The first-order chi connectivity index (χ1) is 22.1. The highest BCUT2D eigenvalue weighted by molar-refractivity contribution is 6.17. The molecule has 3 atom stereocenters. The molecule has 10 nitrogen and oxygen atoms in total. The highest BCUT2D eigenvalue weighted by Gasteiger charge is 2.27. The molecule has 0 saturated heterocycles. The van der Waals surface area contributed by atoms with E-state index in [1.54, 1.807) is 18.3 Å². The highest BCUT2D eigenvalue weighted by atomic mass is 16.5. The maximum atomic E-state index is 12.8. The summed E-state index contributed by atoms with van der Waals surface area (Å²) in [4.78, 5) is 17.3. The number of aliphatic hydroxyl groups excluding tert-OH is 1. The molecule has 3 aliphatic rings. The number of fused-ring (bicyclic) bond motifs is 3. The Morgan fingerprint density at radius 3 is 2.63 bits per heavy atom. The van der Waals surface area contributed by atoms with Gasteiger partial charge in [0, 0.05) is 46.2 Å². The summed E-state index contributed by atoms with van der Waals surface area (Å²) in [6, 6.07) is 7.21. The van der Waals surface area contributed by atoms with Crippen LogP contribution in [0.2, 0.25) is 0 Å². The van der Waals surface area contributed by atoms with Crippen LogP contribution in [0.5, 0.6) is 0 Å². The van der Waals surface area contributed by atoms with E-state index in [2.05, 4.69) is 59.2 Å². The normalized spacial score (nSPS) is 22.4. The van der Waals surface area contributed by atoms with Crippen LogP contribution in [0, 0.1) is 10.8 Å². The molecule has 0 spiro atoms. The Morgan fingerprint density at radius 2 is 1.85 bits per heavy atom. The van der Waals surface area contributed by atoms with Gasteiger partial charge in [-0.2, -0.15) is 0 Å². The van der Waals surface area contributed by atoms with Crippen LogP contribution in [-0.2, 0) is 4.74 Å². The van der Waals surface area contributed by atoms with Crippen LogP contribution < -0.4 is 27.0 Å². The summed E-state index contributed by atoms with van der Waals surface area (Å²) in [5, 5.41) is 32.8. The van der Waals surface area contributed by atoms with Gasteiger partial charge in [0.25, 0.3) is 0 Å². The first-order valence-electron chi connectivity index (χ1n) is 16.5. The molecule has 246 valence electrons. The fourth-order valence-electron chi connectivity index (χ4n) is 6.24. The lowest BCUT2D eigenvalue weighted by atomic mass is 9.89. The molecule has 1 fully saturated rings. The van der Waals surface area contributed by atoms with Crippen LogP contribution in [0.4, 0.5) is 22.0 Å². The number of urea groups is 1. The van der Waals surface area contributed by atoms with E-state index < -0.39 is 6.23 Å². The molecule has 1 unspecified atom stereocenters. The molecule has 1 aromatic heterocycles. The lowest BCUT2D eigenvalue weighted by Gasteiger charge is -2.33. The Hall–Kier alpha value is -4.15. The van der Waals surface area contributed by atoms with E-state index >= 15 is 0 Å². The first-order valence-corrected chi connectivity index (χ1v) is 16.5. The molecule has 2 bridgehead atoms. The zero-order valence-electron chi connectivity index (χ0n) is 27.3. The molecule has 8 N–H and O–H groups in total. The minimum atomic E-state index is -0.485. The van der Waals surface area contributed by atoms with Crippen molar-refractivity contribution in [2.45, 2.75) is 96.9 Å². The Bertz CT molecular complexity index is 1490. The van der Waals surface area contributed by atoms with Gasteiger partial charge in [-0.1, -0.05) is 51.5 Å². The van der Waals surface area contributed by atoms with Crippen molar-refractivity contribution >= 4 is 35.0 Å². The molecule has 3 heterocycles. The third-order valence-corrected chi connectivity index (χ3v) is 8.74. The summed E-state index contributed by atoms with van der Waals surface area (Å²) in [5.41, 5.74) is 10.8. The highest BCUT2D eigenvalue weighted by Crippen LogP contribution is 2.33. The number of allylic oxidation sites excluding steroid dienone is 3. The van der Waals surface area contributed by atoms with E-state index in [4.69, 9.17) is 10.5 Å². The summed E-state index contributed by atoms with van der Waals surface area (Å²) in [5.74, 6) is 1.11. The Balaban J connectivity index is 1.34. The fourth-order valence-corrected chi connectivity index (χ4v) is 6.24. The van der Waals surface area contributed by atoms with Crippen molar-refractivity contribution < 1.29 is 14.6 Å². The van der Waals surface area contributed by atoms with Gasteiger partial charge in [-0.05, 0) is 75.7 Å². The van der Waals surface area contributed by atoms with Crippen molar-refractivity contribution in [3.8, 4) is 0 Å². The first kappa shape index (κ1) is 33.2. The number of hydrogen-bond donors (Lipinski definition) is 7. The number of ether oxygens (including phenoxy) is 1. The second kappa shape index (κ2) is 15.0. The lowest BCUT2D eigenvalue weighted by molar-refractivity contribution is 0.101. The van der Waals surface area contributed by atoms with E-state index in [-0.39, 0.29) is 35.1 Å². The molecule has 1 aliphatic carbocycles. The maximum absolute atomic E-state index is 12.8. The van der Waals surface area contributed by atoms with Crippen molar-refractivity contribution in [3.63, 3.8) is 0 Å². The zero-order valence-corrected chi connectivity index (χ0v) is 27.3. The number of anilines is 3. The van der Waals surface area contributed by atoms with Crippen molar-refractivity contribution in [3.05, 3.63) is 76.8 Å². The molecule has 2 amide bonds. The minimum Gasteiger partial charge on any atom is -0.493 e. The molecule has 0 radical (unpaired) electrons. The molecule has 2 aromatic rings. The van der Waals surface area contributed by atoms with Crippen LogP contribution in [0.15, 0.2) is 60.1 Å². The predicted octanol–water partition coefficient (Wildman–Crippen LogP) is 6.65. The summed E-state index contributed by atoms with van der Waals surface area (Å²) in [6.45, 7) is 6.60. The Kier molecular flexibility index (Phi) is 10.8. The van der Waals surface area contributed by atoms with Crippen molar-refractivity contribution in [1.29, 1.82) is 5.41 Å². The lowest BCUT2D eigenvalue weighted by Crippen LogP contribution is -2.44. The van der Waals surface area contributed by atoms with E-state index in [0.717, 1.165) is 74.8 Å². The minimum absolute atomic E-state index is 0.159. The van der Waals surface area contributed by atoms with E-state index in [0.29, 0.717) is 29.1 Å². The van der Waals surface area contributed by atoms with Gasteiger partial charge < -0.3 is 31.5 Å². The second-order valence-corrected chi connectivity index (χ2v) is 13.5. The SMILES string of the molecule is CC(C)(C)C1=CC(NC(=O)Nc2ccc(C(=N)c3c(N)ncc4c3N[C@@H]3CCC[C@H](C3)NC(O)CCCCCC=C4)cc2)=CCO1. The third-order valence-electron chi connectivity index (χ3n) is 8.74. The molecular formula is C36H49N7O3. The van der Waals surface area contributed by atoms with Gasteiger partial charge in [-0.15, -0.1) is 0 Å². The number of carbonyl (C=O) groups excluding carboxylic acids is 1. The van der Waals surface area contributed by atoms with Crippen molar-refractivity contribution in [2.24, 2.45) is 5.41 Å². The summed E-state index contributed by atoms with van der Waals surface area (Å²) >= 11 is 0. The van der Waals surface area contributed by atoms with E-state index in [1.165, 1.54) is 0 Å². The molecule has 10 heteroatoms. The number of amides is 2. The summed E-state index contributed by atoms with van der Waals surface area (Å²) in [7, 11) is 0. The third kappa shape index (κ3) is 8.76. The second-order valence-electron chi connectivity index (χ2n) is 13.5. The molecule has 5 rings (SSSR count). The number of carbonyl (C=O) groups is 1. The number of aromatic nitrogens is 1. The molecule has 1 aromatic carbocycles.